The lowest BCUT2D eigenvalue weighted by molar-refractivity contribution is 0.684. The van der Waals surface area contributed by atoms with E-state index in [9.17, 15) is 0 Å². The van der Waals surface area contributed by atoms with Crippen LogP contribution in [0.5, 0.6) is 0 Å². The molecule has 0 saturated carbocycles. The summed E-state index contributed by atoms with van der Waals surface area (Å²) in [6.45, 7) is 0. The normalized spacial score (nSPS) is 19.3. The Labute approximate surface area is 121 Å². The van der Waals surface area contributed by atoms with Crippen LogP contribution >= 0.6 is 23.4 Å². The van der Waals surface area contributed by atoms with Crippen molar-refractivity contribution < 1.29 is 0 Å². The molecule has 1 aromatic heterocycles. The molecule has 1 aliphatic rings. The lowest BCUT2D eigenvalue weighted by atomic mass is 10.1. The van der Waals surface area contributed by atoms with Gasteiger partial charge in [-0.25, -0.2) is 9.67 Å². The predicted octanol–water partition coefficient (Wildman–Crippen LogP) is 3.23. The van der Waals surface area contributed by atoms with E-state index in [2.05, 4.69) is 15.4 Å². The molecular formula is C13H15ClN4S. The number of hydrogen-bond donors (Lipinski definition) is 1. The zero-order valence-electron chi connectivity index (χ0n) is 10.4. The van der Waals surface area contributed by atoms with Crippen molar-refractivity contribution in [3.05, 3.63) is 35.9 Å². The minimum absolute atomic E-state index is 0.500. The lowest BCUT2D eigenvalue weighted by Gasteiger charge is -2.25. The van der Waals surface area contributed by atoms with Crippen molar-refractivity contribution in [3.63, 3.8) is 0 Å². The number of nitrogens with zero attached hydrogens (tertiary/aromatic N) is 3. The first-order chi connectivity index (χ1) is 9.34. The molecule has 0 bridgehead atoms. The Morgan fingerprint density at radius 2 is 2.37 bits per heavy atom. The number of aromatic nitrogens is 3. The van der Waals surface area contributed by atoms with Crippen LogP contribution in [0.4, 0.5) is 5.69 Å². The van der Waals surface area contributed by atoms with E-state index in [0.717, 1.165) is 17.1 Å². The first-order valence-corrected chi connectivity index (χ1v) is 7.85. The van der Waals surface area contributed by atoms with Crippen LogP contribution in [0.15, 0.2) is 30.9 Å². The monoisotopic (exact) mass is 294 g/mol. The molecule has 19 heavy (non-hydrogen) atoms. The molecule has 0 spiro atoms. The molecule has 6 heteroatoms. The molecule has 3 rings (SSSR count). The summed E-state index contributed by atoms with van der Waals surface area (Å²) in [7, 11) is 0. The number of para-hydroxylation sites is 1. The second-order valence-electron chi connectivity index (χ2n) is 4.53. The van der Waals surface area contributed by atoms with Gasteiger partial charge in [0, 0.05) is 11.8 Å². The molecule has 4 nitrogen and oxygen atoms in total. The maximum absolute atomic E-state index is 6.30. The van der Waals surface area contributed by atoms with Gasteiger partial charge in [-0.05, 0) is 30.7 Å². The molecule has 0 amide bonds. The van der Waals surface area contributed by atoms with Gasteiger partial charge in [-0.1, -0.05) is 17.7 Å². The van der Waals surface area contributed by atoms with Gasteiger partial charge in [-0.2, -0.15) is 16.9 Å². The quantitative estimate of drug-likeness (QED) is 0.944. The standard InChI is InChI=1S/C13H15ClN4S/c14-11-4-1-5-12(13(11)18-9-15-8-16-18)17-10-3-2-6-19-7-10/h1,4-5,8-10,17H,2-3,6-7H2. The topological polar surface area (TPSA) is 42.7 Å². The molecular weight excluding hydrogens is 280 g/mol. The Bertz CT molecular complexity index is 538. The predicted molar refractivity (Wildman–Crippen MR) is 80.3 cm³/mol. The van der Waals surface area contributed by atoms with Crippen LogP contribution in [-0.2, 0) is 0 Å². The molecule has 2 aromatic rings. The van der Waals surface area contributed by atoms with E-state index in [1.54, 1.807) is 11.0 Å². The van der Waals surface area contributed by atoms with Crippen molar-refractivity contribution in [3.8, 4) is 5.69 Å². The highest BCUT2D eigenvalue weighted by atomic mass is 35.5. The van der Waals surface area contributed by atoms with Crippen molar-refractivity contribution >= 4 is 29.1 Å². The zero-order valence-corrected chi connectivity index (χ0v) is 12.0. The van der Waals surface area contributed by atoms with Crippen LogP contribution in [0.1, 0.15) is 12.8 Å². The Hall–Kier alpha value is -1.20. The maximum Gasteiger partial charge on any atom is 0.138 e. The molecule has 1 fully saturated rings. The fraction of sp³-hybridized carbons (Fsp3) is 0.385. The summed E-state index contributed by atoms with van der Waals surface area (Å²) >= 11 is 8.30. The van der Waals surface area contributed by atoms with E-state index in [4.69, 9.17) is 11.6 Å². The third kappa shape index (κ3) is 2.87. The van der Waals surface area contributed by atoms with E-state index in [0.29, 0.717) is 11.1 Å². The summed E-state index contributed by atoms with van der Waals surface area (Å²) in [5, 5.41) is 8.44. The highest BCUT2D eigenvalue weighted by Gasteiger charge is 2.17. The summed E-state index contributed by atoms with van der Waals surface area (Å²) in [6.07, 6.45) is 5.66. The van der Waals surface area contributed by atoms with E-state index in [1.807, 2.05) is 30.0 Å². The second-order valence-corrected chi connectivity index (χ2v) is 6.09. The Kier molecular flexibility index (Phi) is 3.94. The van der Waals surface area contributed by atoms with Crippen molar-refractivity contribution in [1.29, 1.82) is 0 Å². The van der Waals surface area contributed by atoms with Crippen LogP contribution < -0.4 is 5.32 Å². The van der Waals surface area contributed by atoms with Gasteiger partial charge in [0.25, 0.3) is 0 Å². The third-order valence-corrected chi connectivity index (χ3v) is 4.67. The SMILES string of the molecule is Clc1cccc(NC2CCCSC2)c1-n1cncn1. The summed E-state index contributed by atoms with van der Waals surface area (Å²) in [5.41, 5.74) is 1.89. The van der Waals surface area contributed by atoms with Crippen molar-refractivity contribution in [2.75, 3.05) is 16.8 Å². The van der Waals surface area contributed by atoms with Crippen molar-refractivity contribution in [2.45, 2.75) is 18.9 Å². The first-order valence-electron chi connectivity index (χ1n) is 6.32. The molecule has 1 N–H and O–H groups in total. The van der Waals surface area contributed by atoms with Crippen LogP contribution in [0.25, 0.3) is 5.69 Å². The number of nitrogens with one attached hydrogen (secondary N) is 1. The van der Waals surface area contributed by atoms with Gasteiger partial charge < -0.3 is 5.32 Å². The number of thioether (sulfide) groups is 1. The molecule has 100 valence electrons. The van der Waals surface area contributed by atoms with Gasteiger partial charge in [-0.15, -0.1) is 0 Å². The van der Waals surface area contributed by atoms with Gasteiger partial charge in [0.15, 0.2) is 0 Å². The number of benzene rings is 1. The minimum atomic E-state index is 0.500. The van der Waals surface area contributed by atoms with E-state index in [1.165, 1.54) is 24.9 Å². The Balaban J connectivity index is 1.90. The molecule has 1 saturated heterocycles. The molecule has 1 aliphatic heterocycles. The summed E-state index contributed by atoms with van der Waals surface area (Å²) in [5.74, 6) is 2.41. The van der Waals surface area contributed by atoms with Crippen molar-refractivity contribution in [2.24, 2.45) is 0 Å². The summed E-state index contributed by atoms with van der Waals surface area (Å²) < 4.78 is 1.71. The van der Waals surface area contributed by atoms with Crippen LogP contribution in [-0.4, -0.2) is 32.3 Å². The molecule has 1 aromatic carbocycles. The van der Waals surface area contributed by atoms with Gasteiger partial charge in [0.1, 0.15) is 18.3 Å². The van der Waals surface area contributed by atoms with Crippen LogP contribution in [0.3, 0.4) is 0 Å². The molecule has 1 unspecified atom stereocenters. The smallest absolute Gasteiger partial charge is 0.138 e. The fourth-order valence-corrected chi connectivity index (χ4v) is 3.60. The highest BCUT2D eigenvalue weighted by Crippen LogP contribution is 2.30. The van der Waals surface area contributed by atoms with Crippen LogP contribution in [0, 0.1) is 0 Å². The van der Waals surface area contributed by atoms with Gasteiger partial charge in [0.05, 0.1) is 10.7 Å². The maximum atomic E-state index is 6.30. The molecule has 2 heterocycles. The van der Waals surface area contributed by atoms with Gasteiger partial charge in [-0.3, -0.25) is 0 Å². The average Bonchev–Trinajstić information content (AvgIpc) is 2.94. The Morgan fingerprint density at radius 3 is 3.11 bits per heavy atom. The second kappa shape index (κ2) is 5.84. The molecule has 0 radical (unpaired) electrons. The molecule has 1 atom stereocenters. The summed E-state index contributed by atoms with van der Waals surface area (Å²) in [6, 6.07) is 6.38. The summed E-state index contributed by atoms with van der Waals surface area (Å²) in [4.78, 5) is 3.99. The highest BCUT2D eigenvalue weighted by molar-refractivity contribution is 7.99. The van der Waals surface area contributed by atoms with Crippen LogP contribution in [0.2, 0.25) is 5.02 Å². The average molecular weight is 295 g/mol. The number of rotatable bonds is 3. The van der Waals surface area contributed by atoms with Gasteiger partial charge >= 0.3 is 0 Å². The van der Waals surface area contributed by atoms with Gasteiger partial charge in [0.2, 0.25) is 0 Å². The van der Waals surface area contributed by atoms with E-state index >= 15 is 0 Å². The zero-order chi connectivity index (χ0) is 13.1. The third-order valence-electron chi connectivity index (χ3n) is 3.15. The lowest BCUT2D eigenvalue weighted by Crippen LogP contribution is -2.26. The Morgan fingerprint density at radius 1 is 1.42 bits per heavy atom. The van der Waals surface area contributed by atoms with Crippen molar-refractivity contribution in [1.82, 2.24) is 14.8 Å². The number of hydrogen-bond acceptors (Lipinski definition) is 4. The first kappa shape index (κ1) is 12.8. The largest absolute Gasteiger partial charge is 0.380 e. The number of anilines is 1. The minimum Gasteiger partial charge on any atom is -0.380 e. The fourth-order valence-electron chi connectivity index (χ4n) is 2.26. The van der Waals surface area contributed by atoms with E-state index < -0.39 is 0 Å². The van der Waals surface area contributed by atoms with E-state index in [-0.39, 0.29) is 0 Å². The molecule has 0 aliphatic carbocycles. The number of halogens is 1.